The lowest BCUT2D eigenvalue weighted by Gasteiger charge is -2.19. The highest BCUT2D eigenvalue weighted by Crippen LogP contribution is 2.36. The number of aliphatic carboxylic acids is 1. The highest BCUT2D eigenvalue weighted by Gasteiger charge is 2.24. The molecule has 0 aliphatic heterocycles. The molecular weight excluding hydrogens is 515 g/mol. The SMILES string of the molecule is CC(C)C(Oc1cccc(-c2ccccc2-c2cc(-c3ccc(F)cc3)n(-c3ccc(Cl)cc3)n2)c1)C(=O)O. The summed E-state index contributed by atoms with van der Waals surface area (Å²) in [6.45, 7) is 3.63. The van der Waals surface area contributed by atoms with E-state index in [0.29, 0.717) is 10.8 Å². The summed E-state index contributed by atoms with van der Waals surface area (Å²) >= 11 is 6.13. The number of aromatic nitrogens is 2. The van der Waals surface area contributed by atoms with E-state index in [0.717, 1.165) is 39.3 Å². The van der Waals surface area contributed by atoms with Crippen LogP contribution in [0.3, 0.4) is 0 Å². The number of carbonyl (C=O) groups is 1. The van der Waals surface area contributed by atoms with Gasteiger partial charge in [0, 0.05) is 22.1 Å². The summed E-state index contributed by atoms with van der Waals surface area (Å²) in [6.07, 6.45) is -0.955. The highest BCUT2D eigenvalue weighted by molar-refractivity contribution is 6.30. The molecule has 0 saturated carbocycles. The summed E-state index contributed by atoms with van der Waals surface area (Å²) in [4.78, 5) is 11.7. The Hall–Kier alpha value is -4.42. The van der Waals surface area contributed by atoms with Gasteiger partial charge in [-0.3, -0.25) is 0 Å². The second-order valence-corrected chi connectivity index (χ2v) is 9.94. The topological polar surface area (TPSA) is 64.4 Å². The molecule has 0 spiro atoms. The number of carboxylic acid groups (broad SMARTS) is 1. The molecular formula is C32H26ClFN2O3. The van der Waals surface area contributed by atoms with Crippen molar-refractivity contribution in [2.24, 2.45) is 5.92 Å². The zero-order valence-corrected chi connectivity index (χ0v) is 22.1. The van der Waals surface area contributed by atoms with Gasteiger partial charge in [-0.25, -0.2) is 13.9 Å². The van der Waals surface area contributed by atoms with Gasteiger partial charge in [0.1, 0.15) is 11.6 Å². The molecule has 0 aliphatic rings. The third-order valence-corrected chi connectivity index (χ3v) is 6.63. The highest BCUT2D eigenvalue weighted by atomic mass is 35.5. The van der Waals surface area contributed by atoms with E-state index in [1.807, 2.05) is 79.2 Å². The molecule has 0 bridgehead atoms. The number of carboxylic acids is 1. The van der Waals surface area contributed by atoms with E-state index in [1.165, 1.54) is 12.1 Å². The van der Waals surface area contributed by atoms with Crippen LogP contribution in [0.1, 0.15) is 13.8 Å². The van der Waals surface area contributed by atoms with Crippen molar-refractivity contribution in [3.8, 4) is 45.1 Å². The third-order valence-electron chi connectivity index (χ3n) is 6.38. The van der Waals surface area contributed by atoms with E-state index in [4.69, 9.17) is 21.4 Å². The smallest absolute Gasteiger partial charge is 0.345 e. The molecule has 5 nitrogen and oxygen atoms in total. The average molecular weight is 541 g/mol. The van der Waals surface area contributed by atoms with Gasteiger partial charge in [-0.2, -0.15) is 5.10 Å². The van der Waals surface area contributed by atoms with Gasteiger partial charge in [0.2, 0.25) is 0 Å². The van der Waals surface area contributed by atoms with Crippen LogP contribution in [0.25, 0.3) is 39.3 Å². The summed E-state index contributed by atoms with van der Waals surface area (Å²) in [7, 11) is 0. The maximum Gasteiger partial charge on any atom is 0.345 e. The predicted molar refractivity (Wildman–Crippen MR) is 152 cm³/mol. The van der Waals surface area contributed by atoms with Crippen molar-refractivity contribution in [2.45, 2.75) is 20.0 Å². The lowest BCUT2D eigenvalue weighted by Crippen LogP contribution is -2.32. The van der Waals surface area contributed by atoms with Crippen molar-refractivity contribution in [3.05, 3.63) is 114 Å². The molecule has 196 valence electrons. The van der Waals surface area contributed by atoms with Gasteiger partial charge in [-0.15, -0.1) is 0 Å². The Bertz CT molecular complexity index is 1550. The molecule has 1 unspecified atom stereocenters. The second kappa shape index (κ2) is 11.1. The summed E-state index contributed by atoms with van der Waals surface area (Å²) in [5, 5.41) is 15.1. The molecule has 1 atom stereocenters. The molecule has 5 rings (SSSR count). The van der Waals surface area contributed by atoms with Crippen molar-refractivity contribution < 1.29 is 19.0 Å². The number of halogens is 2. The maximum absolute atomic E-state index is 13.7. The number of nitrogens with zero attached hydrogens (tertiary/aromatic N) is 2. The van der Waals surface area contributed by atoms with Crippen molar-refractivity contribution in [3.63, 3.8) is 0 Å². The third kappa shape index (κ3) is 5.71. The number of hydrogen-bond donors (Lipinski definition) is 1. The zero-order valence-electron chi connectivity index (χ0n) is 21.4. The first-order valence-corrected chi connectivity index (χ1v) is 12.9. The van der Waals surface area contributed by atoms with Gasteiger partial charge in [0.05, 0.1) is 17.1 Å². The minimum absolute atomic E-state index is 0.194. The normalized spacial score (nSPS) is 11.9. The minimum atomic E-state index is -1.00. The second-order valence-electron chi connectivity index (χ2n) is 9.50. The molecule has 7 heteroatoms. The van der Waals surface area contributed by atoms with Crippen LogP contribution < -0.4 is 4.74 Å². The van der Waals surface area contributed by atoms with Crippen LogP contribution in [0.15, 0.2) is 103 Å². The average Bonchev–Trinajstić information content (AvgIpc) is 3.38. The Morgan fingerprint density at radius 2 is 1.56 bits per heavy atom. The van der Waals surface area contributed by atoms with Crippen LogP contribution in [-0.4, -0.2) is 27.0 Å². The summed E-state index contributed by atoms with van der Waals surface area (Å²) < 4.78 is 21.4. The predicted octanol–water partition coefficient (Wildman–Crippen LogP) is 8.15. The largest absolute Gasteiger partial charge is 0.478 e. The molecule has 39 heavy (non-hydrogen) atoms. The molecule has 1 heterocycles. The van der Waals surface area contributed by atoms with Crippen molar-refractivity contribution in [1.82, 2.24) is 9.78 Å². The first kappa shape index (κ1) is 26.2. The summed E-state index contributed by atoms with van der Waals surface area (Å²) in [6, 6.07) is 30.9. The molecule has 5 aromatic rings. The van der Waals surface area contributed by atoms with Crippen molar-refractivity contribution in [2.75, 3.05) is 0 Å². The summed E-state index contributed by atoms with van der Waals surface area (Å²) in [5.74, 6) is -1.04. The Balaban J connectivity index is 1.60. The molecule has 0 amide bonds. The van der Waals surface area contributed by atoms with Gasteiger partial charge >= 0.3 is 5.97 Å². The van der Waals surface area contributed by atoms with Gasteiger partial charge < -0.3 is 9.84 Å². The fourth-order valence-electron chi connectivity index (χ4n) is 4.43. The standard InChI is InChI=1S/C32H26ClFN2O3/c1-20(2)31(32(37)38)39-26-7-5-6-22(18-26)27-8-3-4-9-28(27)29-19-30(21-10-14-24(34)15-11-21)36(35-29)25-16-12-23(33)13-17-25/h3-20,31H,1-2H3,(H,37,38). The number of hydrogen-bond acceptors (Lipinski definition) is 3. The fourth-order valence-corrected chi connectivity index (χ4v) is 4.56. The van der Waals surface area contributed by atoms with Crippen LogP contribution >= 0.6 is 11.6 Å². The van der Waals surface area contributed by atoms with Crippen LogP contribution in [-0.2, 0) is 4.79 Å². The van der Waals surface area contributed by atoms with E-state index in [1.54, 1.807) is 30.3 Å². The van der Waals surface area contributed by atoms with E-state index in [2.05, 4.69) is 0 Å². The summed E-state index contributed by atoms with van der Waals surface area (Å²) in [5.41, 5.74) is 5.78. The molecule has 1 N–H and O–H groups in total. The molecule has 0 aliphatic carbocycles. The van der Waals surface area contributed by atoms with Gasteiger partial charge in [-0.05, 0) is 77.9 Å². The molecule has 0 saturated heterocycles. The van der Waals surface area contributed by atoms with Crippen LogP contribution in [0, 0.1) is 11.7 Å². The first-order chi connectivity index (χ1) is 18.8. The first-order valence-electron chi connectivity index (χ1n) is 12.5. The van der Waals surface area contributed by atoms with Crippen molar-refractivity contribution in [1.29, 1.82) is 0 Å². The van der Waals surface area contributed by atoms with E-state index < -0.39 is 12.1 Å². The zero-order chi connectivity index (χ0) is 27.5. The Morgan fingerprint density at radius 3 is 2.23 bits per heavy atom. The monoisotopic (exact) mass is 540 g/mol. The Kier molecular flexibility index (Phi) is 7.48. The fraction of sp³-hybridized carbons (Fsp3) is 0.125. The van der Waals surface area contributed by atoms with Gasteiger partial charge in [-0.1, -0.05) is 61.8 Å². The van der Waals surface area contributed by atoms with Crippen LogP contribution in [0.5, 0.6) is 5.75 Å². The quantitative estimate of drug-likeness (QED) is 0.216. The van der Waals surface area contributed by atoms with Gasteiger partial charge in [0.15, 0.2) is 6.10 Å². The lowest BCUT2D eigenvalue weighted by atomic mass is 9.97. The Morgan fingerprint density at radius 1 is 0.872 bits per heavy atom. The number of ether oxygens (including phenoxy) is 1. The number of benzene rings is 4. The molecule has 0 radical (unpaired) electrons. The van der Waals surface area contributed by atoms with Gasteiger partial charge in [0.25, 0.3) is 0 Å². The van der Waals surface area contributed by atoms with Crippen LogP contribution in [0.2, 0.25) is 5.02 Å². The minimum Gasteiger partial charge on any atom is -0.478 e. The van der Waals surface area contributed by atoms with E-state index in [-0.39, 0.29) is 11.7 Å². The molecule has 1 aromatic heterocycles. The molecule has 4 aromatic carbocycles. The lowest BCUT2D eigenvalue weighted by molar-refractivity contribution is -0.147. The van der Waals surface area contributed by atoms with Crippen LogP contribution in [0.4, 0.5) is 4.39 Å². The number of rotatable bonds is 8. The van der Waals surface area contributed by atoms with Crippen molar-refractivity contribution >= 4 is 17.6 Å². The Labute approximate surface area is 231 Å². The molecule has 0 fully saturated rings. The van der Waals surface area contributed by atoms with E-state index in [9.17, 15) is 14.3 Å². The maximum atomic E-state index is 13.7. The van der Waals surface area contributed by atoms with E-state index >= 15 is 0 Å².